The van der Waals surface area contributed by atoms with Crippen LogP contribution < -0.4 is 0 Å². The van der Waals surface area contributed by atoms with E-state index in [4.69, 9.17) is 4.74 Å². The lowest BCUT2D eigenvalue weighted by molar-refractivity contribution is -0.144. The van der Waals surface area contributed by atoms with Crippen LogP contribution in [0.5, 0.6) is 0 Å². The van der Waals surface area contributed by atoms with E-state index in [9.17, 15) is 4.79 Å². The number of aromatic nitrogens is 2. The van der Waals surface area contributed by atoms with E-state index >= 15 is 0 Å². The third-order valence-electron chi connectivity index (χ3n) is 7.35. The quantitative estimate of drug-likeness (QED) is 0.461. The second-order valence-corrected chi connectivity index (χ2v) is 9.77. The van der Waals surface area contributed by atoms with Crippen LogP contribution in [0.4, 0.5) is 0 Å². The van der Waals surface area contributed by atoms with Crippen molar-refractivity contribution in [2.45, 2.75) is 44.9 Å². The molecular formula is C29H38N4O2. The fourth-order valence-electron chi connectivity index (χ4n) is 5.41. The van der Waals surface area contributed by atoms with Crippen LogP contribution in [0, 0.1) is 12.8 Å². The zero-order valence-electron chi connectivity index (χ0n) is 21.4. The minimum Gasteiger partial charge on any atom is -0.367 e. The number of likely N-dealkylation sites (tertiary alicyclic amines) is 1. The van der Waals surface area contributed by atoms with Crippen molar-refractivity contribution in [3.63, 3.8) is 0 Å². The Labute approximate surface area is 209 Å². The number of carbonyl (C=O) groups excluding carboxylic acids is 1. The van der Waals surface area contributed by atoms with E-state index in [1.165, 1.54) is 11.1 Å². The highest BCUT2D eigenvalue weighted by atomic mass is 16.5. The summed E-state index contributed by atoms with van der Waals surface area (Å²) in [7, 11) is 5.83. The van der Waals surface area contributed by atoms with Crippen molar-refractivity contribution in [1.29, 1.82) is 0 Å². The molecular weight excluding hydrogens is 436 g/mol. The molecule has 2 atom stereocenters. The standard InChI is InChI=1S/C29H38N4O2/c1-22-26(21-32(3)30-22)20-31(2)27(19-23-11-7-5-8-12-23)24-15-17-33(18-16-24)29(34)28(35-4)25-13-9-6-10-14-25/h5-14,21,24,27-28H,15-20H2,1-4H3. The summed E-state index contributed by atoms with van der Waals surface area (Å²) in [6, 6.07) is 20.9. The maximum Gasteiger partial charge on any atom is 0.256 e. The van der Waals surface area contributed by atoms with E-state index in [0.717, 1.165) is 50.2 Å². The average molecular weight is 475 g/mol. The first-order valence-electron chi connectivity index (χ1n) is 12.6. The molecule has 6 heteroatoms. The summed E-state index contributed by atoms with van der Waals surface area (Å²) >= 11 is 0. The van der Waals surface area contributed by atoms with Crippen LogP contribution in [-0.4, -0.2) is 58.8 Å². The number of methoxy groups -OCH3 is 1. The first kappa shape index (κ1) is 25.1. The fraction of sp³-hybridized carbons (Fsp3) is 0.448. The number of hydrogen-bond donors (Lipinski definition) is 0. The first-order valence-corrected chi connectivity index (χ1v) is 12.6. The molecule has 0 spiro atoms. The van der Waals surface area contributed by atoms with Gasteiger partial charge in [-0.3, -0.25) is 14.4 Å². The molecule has 1 amide bonds. The third-order valence-corrected chi connectivity index (χ3v) is 7.35. The summed E-state index contributed by atoms with van der Waals surface area (Å²) in [5.74, 6) is 0.579. The summed E-state index contributed by atoms with van der Waals surface area (Å²) in [5.41, 5.74) is 4.63. The smallest absolute Gasteiger partial charge is 0.256 e. The second-order valence-electron chi connectivity index (χ2n) is 9.77. The van der Waals surface area contributed by atoms with Gasteiger partial charge in [-0.2, -0.15) is 5.10 Å². The third kappa shape index (κ3) is 6.19. The molecule has 2 aromatic carbocycles. The number of carbonyl (C=O) groups is 1. The molecule has 1 saturated heterocycles. The molecule has 0 saturated carbocycles. The van der Waals surface area contributed by atoms with Gasteiger partial charge in [-0.05, 0) is 50.3 Å². The first-order chi connectivity index (χ1) is 17.0. The van der Waals surface area contributed by atoms with E-state index in [1.807, 2.05) is 47.0 Å². The summed E-state index contributed by atoms with van der Waals surface area (Å²) in [4.78, 5) is 17.8. The molecule has 4 rings (SSSR count). The van der Waals surface area contributed by atoms with Gasteiger partial charge in [0.25, 0.3) is 5.91 Å². The Morgan fingerprint density at radius 3 is 2.29 bits per heavy atom. The molecule has 1 fully saturated rings. The molecule has 186 valence electrons. The Kier molecular flexibility index (Phi) is 8.37. The summed E-state index contributed by atoms with van der Waals surface area (Å²) in [6.45, 7) is 4.48. The highest BCUT2D eigenvalue weighted by Crippen LogP contribution is 2.29. The Bertz CT molecular complexity index is 1070. The highest BCUT2D eigenvalue weighted by Gasteiger charge is 2.33. The van der Waals surface area contributed by atoms with Gasteiger partial charge in [0, 0.05) is 51.6 Å². The van der Waals surface area contributed by atoms with Crippen LogP contribution in [0.1, 0.15) is 41.3 Å². The number of likely N-dealkylation sites (N-methyl/N-ethyl adjacent to an activating group) is 1. The van der Waals surface area contributed by atoms with E-state index in [0.29, 0.717) is 12.0 Å². The van der Waals surface area contributed by atoms with Gasteiger partial charge in [0.15, 0.2) is 6.10 Å². The second kappa shape index (κ2) is 11.6. The number of aryl methyl sites for hydroxylation is 2. The van der Waals surface area contributed by atoms with Crippen molar-refractivity contribution >= 4 is 5.91 Å². The minimum atomic E-state index is -0.538. The topological polar surface area (TPSA) is 50.6 Å². The Morgan fingerprint density at radius 2 is 1.71 bits per heavy atom. The molecule has 1 aromatic heterocycles. The van der Waals surface area contributed by atoms with Gasteiger partial charge in [0.05, 0.1) is 5.69 Å². The maximum atomic E-state index is 13.3. The van der Waals surface area contributed by atoms with Crippen LogP contribution >= 0.6 is 0 Å². The molecule has 2 heterocycles. The molecule has 2 unspecified atom stereocenters. The SMILES string of the molecule is COC(C(=O)N1CCC(C(Cc2ccccc2)N(C)Cc2cn(C)nc2C)CC1)c1ccccc1. The van der Waals surface area contributed by atoms with Gasteiger partial charge in [-0.25, -0.2) is 0 Å². The van der Waals surface area contributed by atoms with Crippen LogP contribution in [0.3, 0.4) is 0 Å². The molecule has 1 aliphatic heterocycles. The van der Waals surface area contributed by atoms with E-state index in [2.05, 4.69) is 60.5 Å². The zero-order valence-corrected chi connectivity index (χ0v) is 21.4. The van der Waals surface area contributed by atoms with Crippen molar-refractivity contribution in [3.8, 4) is 0 Å². The number of nitrogens with zero attached hydrogens (tertiary/aromatic N) is 4. The van der Waals surface area contributed by atoms with Crippen molar-refractivity contribution in [3.05, 3.63) is 89.2 Å². The summed E-state index contributed by atoms with van der Waals surface area (Å²) in [5, 5.41) is 4.53. The van der Waals surface area contributed by atoms with Crippen LogP contribution in [0.25, 0.3) is 0 Å². The highest BCUT2D eigenvalue weighted by molar-refractivity contribution is 5.82. The molecule has 35 heavy (non-hydrogen) atoms. The number of benzene rings is 2. The molecule has 0 aliphatic carbocycles. The lowest BCUT2D eigenvalue weighted by Gasteiger charge is -2.41. The van der Waals surface area contributed by atoms with Crippen molar-refractivity contribution in [2.75, 3.05) is 27.2 Å². The monoisotopic (exact) mass is 474 g/mol. The normalized spacial score (nSPS) is 16.4. The Balaban J connectivity index is 1.45. The van der Waals surface area contributed by atoms with Crippen LogP contribution in [0.15, 0.2) is 66.9 Å². The fourth-order valence-corrected chi connectivity index (χ4v) is 5.41. The predicted molar refractivity (Wildman–Crippen MR) is 139 cm³/mol. The van der Waals surface area contributed by atoms with E-state index < -0.39 is 6.10 Å². The van der Waals surface area contributed by atoms with E-state index in [1.54, 1.807) is 7.11 Å². The lowest BCUT2D eigenvalue weighted by Crippen LogP contribution is -2.47. The van der Waals surface area contributed by atoms with E-state index in [-0.39, 0.29) is 5.91 Å². The molecule has 0 bridgehead atoms. The average Bonchev–Trinajstić information content (AvgIpc) is 3.20. The number of hydrogen-bond acceptors (Lipinski definition) is 4. The number of piperidine rings is 1. The van der Waals surface area contributed by atoms with Gasteiger partial charge in [0.1, 0.15) is 0 Å². The van der Waals surface area contributed by atoms with Gasteiger partial charge in [-0.15, -0.1) is 0 Å². The van der Waals surface area contributed by atoms with Crippen LogP contribution in [0.2, 0.25) is 0 Å². The number of rotatable bonds is 9. The largest absolute Gasteiger partial charge is 0.367 e. The van der Waals surface area contributed by atoms with Gasteiger partial charge in [-0.1, -0.05) is 60.7 Å². The predicted octanol–water partition coefficient (Wildman–Crippen LogP) is 4.40. The van der Waals surface area contributed by atoms with Gasteiger partial charge < -0.3 is 9.64 Å². The van der Waals surface area contributed by atoms with Crippen LogP contribution in [-0.2, 0) is 29.5 Å². The lowest BCUT2D eigenvalue weighted by atomic mass is 9.84. The minimum absolute atomic E-state index is 0.0658. The Hall–Kier alpha value is -2.96. The van der Waals surface area contributed by atoms with Crippen molar-refractivity contribution in [2.24, 2.45) is 13.0 Å². The summed E-state index contributed by atoms with van der Waals surface area (Å²) < 4.78 is 7.51. The molecule has 0 N–H and O–H groups in total. The number of amides is 1. The summed E-state index contributed by atoms with van der Waals surface area (Å²) in [6.07, 6.45) is 4.57. The van der Waals surface area contributed by atoms with Crippen molar-refractivity contribution in [1.82, 2.24) is 19.6 Å². The molecule has 6 nitrogen and oxygen atoms in total. The molecule has 3 aromatic rings. The van der Waals surface area contributed by atoms with Gasteiger partial charge >= 0.3 is 0 Å². The van der Waals surface area contributed by atoms with Gasteiger partial charge in [0.2, 0.25) is 0 Å². The maximum absolute atomic E-state index is 13.3. The molecule has 0 radical (unpaired) electrons. The Morgan fingerprint density at radius 1 is 1.09 bits per heavy atom. The zero-order chi connectivity index (χ0) is 24.8. The van der Waals surface area contributed by atoms with Crippen molar-refractivity contribution < 1.29 is 9.53 Å². The number of ether oxygens (including phenoxy) is 1. The molecule has 1 aliphatic rings.